The Morgan fingerprint density at radius 2 is 2.23 bits per heavy atom. The number of anilines is 1. The predicted octanol–water partition coefficient (Wildman–Crippen LogP) is 2.70. The number of nitrogens with one attached hydrogen (secondary N) is 1. The van der Waals surface area contributed by atoms with Gasteiger partial charge in [-0.3, -0.25) is 4.79 Å². The molecule has 1 unspecified atom stereocenters. The number of nitriles is 1. The van der Waals surface area contributed by atoms with Crippen LogP contribution >= 0.6 is 23.1 Å². The number of hydrogen-bond donors (Lipinski definition) is 2. The van der Waals surface area contributed by atoms with E-state index in [4.69, 9.17) is 11.0 Å². The van der Waals surface area contributed by atoms with Gasteiger partial charge in [-0.15, -0.1) is 11.3 Å². The van der Waals surface area contributed by atoms with Crippen LogP contribution in [-0.4, -0.2) is 28.9 Å². The van der Waals surface area contributed by atoms with Crippen LogP contribution in [-0.2, 0) is 4.79 Å². The minimum absolute atomic E-state index is 0.213. The third-order valence-electron chi connectivity index (χ3n) is 3.01. The highest BCUT2D eigenvalue weighted by Crippen LogP contribution is 2.25. The van der Waals surface area contributed by atoms with Gasteiger partial charge in [0.05, 0.1) is 23.4 Å². The van der Waals surface area contributed by atoms with Gasteiger partial charge in [0.15, 0.2) is 5.13 Å². The summed E-state index contributed by atoms with van der Waals surface area (Å²) in [5, 5.41) is 13.9. The van der Waals surface area contributed by atoms with Gasteiger partial charge in [0.2, 0.25) is 5.91 Å². The second kappa shape index (κ2) is 7.94. The van der Waals surface area contributed by atoms with E-state index >= 15 is 0 Å². The molecule has 1 aromatic heterocycles. The zero-order chi connectivity index (χ0) is 15.9. The highest BCUT2D eigenvalue weighted by Gasteiger charge is 2.15. The summed E-state index contributed by atoms with van der Waals surface area (Å²) in [7, 11) is 0. The van der Waals surface area contributed by atoms with Crippen molar-refractivity contribution in [2.24, 2.45) is 5.73 Å². The summed E-state index contributed by atoms with van der Waals surface area (Å²) in [6, 6.07) is 8.71. The second-order valence-corrected chi connectivity index (χ2v) is 6.45. The molecule has 0 bridgehead atoms. The maximum Gasteiger partial charge on any atom is 0.243 e. The zero-order valence-electron chi connectivity index (χ0n) is 12.1. The van der Waals surface area contributed by atoms with Crippen LogP contribution in [0.15, 0.2) is 29.6 Å². The minimum atomic E-state index is -0.519. The molecule has 0 saturated heterocycles. The highest BCUT2D eigenvalue weighted by atomic mass is 32.2. The number of aromatic nitrogens is 1. The van der Waals surface area contributed by atoms with E-state index in [1.807, 2.05) is 23.8 Å². The molecule has 1 aromatic carbocycles. The van der Waals surface area contributed by atoms with Crippen LogP contribution in [0.3, 0.4) is 0 Å². The molecule has 1 amide bonds. The minimum Gasteiger partial charge on any atom is -0.320 e. The summed E-state index contributed by atoms with van der Waals surface area (Å²) >= 11 is 3.02. The number of carbonyl (C=O) groups excluding carboxylic acids is 1. The van der Waals surface area contributed by atoms with Crippen molar-refractivity contribution in [3.63, 3.8) is 0 Å². The lowest BCUT2D eigenvalue weighted by atomic mass is 10.1. The third-order valence-corrected chi connectivity index (χ3v) is 4.42. The topological polar surface area (TPSA) is 91.8 Å². The van der Waals surface area contributed by atoms with Crippen LogP contribution in [0.5, 0.6) is 0 Å². The van der Waals surface area contributed by atoms with Crippen LogP contribution in [0.2, 0.25) is 0 Å². The Balaban J connectivity index is 2.02. The number of thiazole rings is 1. The van der Waals surface area contributed by atoms with Crippen molar-refractivity contribution in [2.75, 3.05) is 17.3 Å². The fourth-order valence-corrected chi connectivity index (χ4v) is 2.97. The Morgan fingerprint density at radius 1 is 1.50 bits per heavy atom. The van der Waals surface area contributed by atoms with Crippen molar-refractivity contribution in [1.29, 1.82) is 5.26 Å². The lowest BCUT2D eigenvalue weighted by molar-refractivity contribution is -0.117. The van der Waals surface area contributed by atoms with Gasteiger partial charge in [-0.1, -0.05) is 12.1 Å². The normalized spacial score (nSPS) is 11.7. The van der Waals surface area contributed by atoms with Gasteiger partial charge in [0.25, 0.3) is 0 Å². The average molecular weight is 332 g/mol. The summed E-state index contributed by atoms with van der Waals surface area (Å²) in [4.78, 5) is 16.3. The first-order valence-corrected chi connectivity index (χ1v) is 8.93. The van der Waals surface area contributed by atoms with Crippen LogP contribution in [0.25, 0.3) is 11.3 Å². The molecule has 22 heavy (non-hydrogen) atoms. The molecule has 2 rings (SSSR count). The fourth-order valence-electron chi connectivity index (χ4n) is 1.75. The standard InChI is InChI=1S/C15H16N4OS2/c1-21-7-6-12(17)14(20)19-15-18-13(9-22-15)11-4-2-10(8-16)3-5-11/h2-5,9,12H,6-7,17H2,1H3,(H,18,19,20). The fraction of sp³-hybridized carbons (Fsp3) is 0.267. The number of nitrogens with two attached hydrogens (primary N) is 1. The zero-order valence-corrected chi connectivity index (χ0v) is 13.7. The predicted molar refractivity (Wildman–Crippen MR) is 91.9 cm³/mol. The molecule has 0 saturated carbocycles. The number of rotatable bonds is 6. The van der Waals surface area contributed by atoms with E-state index in [1.165, 1.54) is 11.3 Å². The molecular formula is C15H16N4OS2. The summed E-state index contributed by atoms with van der Waals surface area (Å²) in [6.45, 7) is 0. The van der Waals surface area contributed by atoms with Gasteiger partial charge < -0.3 is 11.1 Å². The van der Waals surface area contributed by atoms with E-state index in [2.05, 4.69) is 16.4 Å². The van der Waals surface area contributed by atoms with E-state index in [1.54, 1.807) is 23.9 Å². The van der Waals surface area contributed by atoms with Gasteiger partial charge in [-0.25, -0.2) is 4.98 Å². The highest BCUT2D eigenvalue weighted by molar-refractivity contribution is 7.98. The molecule has 1 heterocycles. The first-order chi connectivity index (χ1) is 10.6. The van der Waals surface area contributed by atoms with E-state index in [-0.39, 0.29) is 5.91 Å². The monoisotopic (exact) mass is 332 g/mol. The van der Waals surface area contributed by atoms with Crippen LogP contribution in [0.4, 0.5) is 5.13 Å². The molecule has 0 aliphatic carbocycles. The molecule has 0 aliphatic rings. The van der Waals surface area contributed by atoms with Crippen molar-refractivity contribution >= 4 is 34.1 Å². The van der Waals surface area contributed by atoms with E-state index < -0.39 is 6.04 Å². The number of carbonyl (C=O) groups is 1. The molecule has 1 atom stereocenters. The molecule has 7 heteroatoms. The number of hydrogen-bond acceptors (Lipinski definition) is 6. The van der Waals surface area contributed by atoms with Crippen LogP contribution in [0, 0.1) is 11.3 Å². The van der Waals surface area contributed by atoms with E-state index in [0.29, 0.717) is 17.1 Å². The SMILES string of the molecule is CSCCC(N)C(=O)Nc1nc(-c2ccc(C#N)cc2)cs1. The van der Waals surface area contributed by atoms with Gasteiger partial charge in [-0.05, 0) is 30.6 Å². The largest absolute Gasteiger partial charge is 0.320 e. The Bertz CT molecular complexity index is 676. The van der Waals surface area contributed by atoms with Crippen molar-refractivity contribution in [3.05, 3.63) is 35.2 Å². The summed E-state index contributed by atoms with van der Waals surface area (Å²) in [5.41, 5.74) is 8.10. The maximum absolute atomic E-state index is 11.9. The summed E-state index contributed by atoms with van der Waals surface area (Å²) in [6.07, 6.45) is 2.62. The molecule has 2 aromatic rings. The molecule has 114 valence electrons. The lowest BCUT2D eigenvalue weighted by Gasteiger charge is -2.09. The summed E-state index contributed by atoms with van der Waals surface area (Å²) < 4.78 is 0. The Hall–Kier alpha value is -1.88. The Morgan fingerprint density at radius 3 is 2.86 bits per heavy atom. The van der Waals surface area contributed by atoms with Crippen molar-refractivity contribution in [2.45, 2.75) is 12.5 Å². The first kappa shape index (κ1) is 16.5. The average Bonchev–Trinajstić information content (AvgIpc) is 3.01. The lowest BCUT2D eigenvalue weighted by Crippen LogP contribution is -2.36. The van der Waals surface area contributed by atoms with Crippen LogP contribution in [0.1, 0.15) is 12.0 Å². The van der Waals surface area contributed by atoms with Gasteiger partial charge in [0.1, 0.15) is 0 Å². The molecule has 3 N–H and O–H groups in total. The molecule has 5 nitrogen and oxygen atoms in total. The van der Waals surface area contributed by atoms with Gasteiger partial charge >= 0.3 is 0 Å². The molecular weight excluding hydrogens is 316 g/mol. The molecule has 0 aliphatic heterocycles. The van der Waals surface area contributed by atoms with E-state index in [9.17, 15) is 4.79 Å². The maximum atomic E-state index is 11.9. The van der Waals surface area contributed by atoms with Crippen molar-refractivity contribution in [1.82, 2.24) is 4.98 Å². The summed E-state index contributed by atoms with van der Waals surface area (Å²) in [5.74, 6) is 0.637. The third kappa shape index (κ3) is 4.31. The van der Waals surface area contributed by atoms with Crippen molar-refractivity contribution in [3.8, 4) is 17.3 Å². The first-order valence-electron chi connectivity index (χ1n) is 6.65. The molecule has 0 fully saturated rings. The quantitative estimate of drug-likeness (QED) is 0.848. The van der Waals surface area contributed by atoms with Gasteiger partial charge in [0, 0.05) is 10.9 Å². The Kier molecular flexibility index (Phi) is 5.95. The van der Waals surface area contributed by atoms with Gasteiger partial charge in [-0.2, -0.15) is 17.0 Å². The van der Waals surface area contributed by atoms with Crippen molar-refractivity contribution < 1.29 is 4.79 Å². The number of amides is 1. The molecule has 0 radical (unpaired) electrons. The number of benzene rings is 1. The van der Waals surface area contributed by atoms with E-state index in [0.717, 1.165) is 17.0 Å². The van der Waals surface area contributed by atoms with Crippen LogP contribution < -0.4 is 11.1 Å². The number of thioether (sulfide) groups is 1. The number of nitrogens with zero attached hydrogens (tertiary/aromatic N) is 2. The smallest absolute Gasteiger partial charge is 0.243 e. The molecule has 0 spiro atoms. The second-order valence-electron chi connectivity index (χ2n) is 4.60. The Labute approximate surface area is 137 Å².